The monoisotopic (exact) mass is 284 g/mol. The van der Waals surface area contributed by atoms with E-state index in [1.54, 1.807) is 12.1 Å². The first-order valence-corrected chi connectivity index (χ1v) is 6.02. The van der Waals surface area contributed by atoms with Gasteiger partial charge in [0.1, 0.15) is 5.82 Å². The number of benzene rings is 1. The second kappa shape index (κ2) is 4.41. The van der Waals surface area contributed by atoms with Crippen molar-refractivity contribution in [1.82, 2.24) is 0 Å². The predicted octanol–water partition coefficient (Wildman–Crippen LogP) is 4.85. The summed E-state index contributed by atoms with van der Waals surface area (Å²) >= 11 is 19.7. The molecule has 0 unspecified atom stereocenters. The second-order valence-electron chi connectivity index (χ2n) is 3.22. The molecule has 0 fully saturated rings. The van der Waals surface area contributed by atoms with Crippen LogP contribution in [0.3, 0.4) is 0 Å². The lowest BCUT2D eigenvalue weighted by Gasteiger charge is -1.99. The topological polar surface area (TPSA) is 0 Å². The normalized spacial score (nSPS) is 10.6. The first-order chi connectivity index (χ1) is 7.52. The van der Waals surface area contributed by atoms with E-state index in [1.165, 1.54) is 12.1 Å². The van der Waals surface area contributed by atoms with Crippen LogP contribution in [-0.4, -0.2) is 0 Å². The van der Waals surface area contributed by atoms with E-state index in [-0.39, 0.29) is 5.82 Å². The fraction of sp³-hybridized carbons (Fsp3) is 0. The molecule has 80 valence electrons. The average molecular weight is 284 g/mol. The van der Waals surface area contributed by atoms with E-state index in [1.807, 2.05) is 0 Å². The highest BCUT2D eigenvalue weighted by molar-refractivity contribution is 7.81. The Hall–Kier alpha value is -0.490. The van der Waals surface area contributed by atoms with E-state index in [4.69, 9.17) is 36.7 Å². The first-order valence-electron chi connectivity index (χ1n) is 4.35. The number of halogens is 1. The average Bonchev–Trinajstić information content (AvgIpc) is 2.44. The molecule has 0 radical (unpaired) electrons. The van der Waals surface area contributed by atoms with Crippen LogP contribution in [0, 0.1) is 19.3 Å². The third kappa shape index (κ3) is 1.88. The summed E-state index contributed by atoms with van der Waals surface area (Å²) in [6.07, 6.45) is 0. The maximum absolute atomic E-state index is 13.1. The Morgan fingerprint density at radius 2 is 1.69 bits per heavy atom. The minimum absolute atomic E-state index is 0.322. The Morgan fingerprint density at radius 1 is 1.00 bits per heavy atom. The minimum Gasteiger partial charge on any atom is -0.207 e. The third-order valence-electron chi connectivity index (χ3n) is 2.20. The van der Waals surface area contributed by atoms with Gasteiger partial charge in [-0.05, 0) is 17.7 Å². The first kappa shape index (κ1) is 12.0. The zero-order valence-corrected chi connectivity index (χ0v) is 11.2. The molecule has 0 heterocycles. The van der Waals surface area contributed by atoms with Crippen LogP contribution >= 0.6 is 49.3 Å². The van der Waals surface area contributed by atoms with Crippen molar-refractivity contribution < 1.29 is 4.39 Å². The molecule has 0 aliphatic carbocycles. The summed E-state index contributed by atoms with van der Waals surface area (Å²) < 4.78 is 14.5. The number of hydrogen-bond donors (Lipinski definition) is 1. The molecule has 0 nitrogen and oxygen atoms in total. The molecule has 0 spiro atoms. The van der Waals surface area contributed by atoms with Crippen LogP contribution in [0.5, 0.6) is 0 Å². The molecule has 0 saturated carbocycles. The van der Waals surface area contributed by atoms with Gasteiger partial charge in [-0.3, -0.25) is 0 Å². The van der Waals surface area contributed by atoms with Crippen molar-refractivity contribution in [2.24, 2.45) is 0 Å². The Morgan fingerprint density at radius 3 is 2.19 bits per heavy atom. The molecule has 0 aliphatic heterocycles. The minimum atomic E-state index is -0.322. The SMILES string of the molecule is Fc1cccc(-c2c(S)c(=S)c(=S)c2=S)c1. The third-order valence-corrected chi connectivity index (χ3v) is 4.29. The Bertz CT molecular complexity index is 696. The van der Waals surface area contributed by atoms with Crippen LogP contribution in [0.15, 0.2) is 29.2 Å². The lowest BCUT2D eigenvalue weighted by atomic mass is 10.1. The molecule has 2 rings (SSSR count). The molecule has 0 bridgehead atoms. The summed E-state index contributed by atoms with van der Waals surface area (Å²) in [4.78, 5) is 0.565. The highest BCUT2D eigenvalue weighted by Gasteiger charge is 2.11. The maximum atomic E-state index is 13.1. The fourth-order valence-corrected chi connectivity index (χ4v) is 2.76. The van der Waals surface area contributed by atoms with Gasteiger partial charge in [-0.2, -0.15) is 0 Å². The van der Waals surface area contributed by atoms with Gasteiger partial charge in [0.15, 0.2) is 0 Å². The molecule has 0 saturated heterocycles. The predicted molar refractivity (Wildman–Crippen MR) is 74.0 cm³/mol. The molecule has 0 N–H and O–H groups in total. The fourth-order valence-electron chi connectivity index (χ4n) is 1.46. The van der Waals surface area contributed by atoms with Crippen LogP contribution in [0.1, 0.15) is 0 Å². The van der Waals surface area contributed by atoms with Crippen molar-refractivity contribution in [3.05, 3.63) is 43.6 Å². The molecule has 16 heavy (non-hydrogen) atoms. The van der Waals surface area contributed by atoms with E-state index >= 15 is 0 Å². The Kier molecular flexibility index (Phi) is 3.30. The zero-order valence-electron chi connectivity index (χ0n) is 7.86. The highest BCUT2D eigenvalue weighted by Crippen LogP contribution is 2.32. The van der Waals surface area contributed by atoms with E-state index in [0.29, 0.717) is 29.6 Å². The van der Waals surface area contributed by atoms with Gasteiger partial charge in [-0.15, -0.1) is 12.6 Å². The molecular formula is C11H5FS4. The Labute approximate surface area is 113 Å². The van der Waals surface area contributed by atoms with Crippen LogP contribution in [0.25, 0.3) is 11.1 Å². The summed E-state index contributed by atoms with van der Waals surface area (Å²) in [6, 6.07) is 6.15. The molecule has 0 aromatic heterocycles. The van der Waals surface area contributed by atoms with Gasteiger partial charge >= 0.3 is 0 Å². The van der Waals surface area contributed by atoms with E-state index in [2.05, 4.69) is 12.6 Å². The summed E-state index contributed by atoms with van der Waals surface area (Å²) in [5, 5.41) is 0. The summed E-state index contributed by atoms with van der Waals surface area (Å²) in [5.74, 6) is -0.322. The largest absolute Gasteiger partial charge is 0.207 e. The van der Waals surface area contributed by atoms with Gasteiger partial charge in [-0.1, -0.05) is 48.8 Å². The molecule has 5 heteroatoms. The highest BCUT2D eigenvalue weighted by atomic mass is 32.1. The number of hydrogen-bond acceptors (Lipinski definition) is 4. The van der Waals surface area contributed by atoms with Crippen LogP contribution in [0.2, 0.25) is 0 Å². The summed E-state index contributed by atoms with van der Waals surface area (Å²) in [5.41, 5.74) is 1.32. The van der Waals surface area contributed by atoms with E-state index < -0.39 is 0 Å². The van der Waals surface area contributed by atoms with Gasteiger partial charge in [0.25, 0.3) is 0 Å². The lowest BCUT2D eigenvalue weighted by molar-refractivity contribution is 0.628. The van der Waals surface area contributed by atoms with Crippen molar-refractivity contribution in [1.29, 1.82) is 0 Å². The molecular weight excluding hydrogens is 279 g/mol. The van der Waals surface area contributed by atoms with Gasteiger partial charge < -0.3 is 0 Å². The molecule has 2 aromatic rings. The molecule has 2 aromatic carbocycles. The number of rotatable bonds is 1. The van der Waals surface area contributed by atoms with Gasteiger partial charge in [-0.25, -0.2) is 4.39 Å². The smallest absolute Gasteiger partial charge is 0.123 e. The van der Waals surface area contributed by atoms with Crippen molar-refractivity contribution in [2.75, 3.05) is 0 Å². The standard InChI is InChI=1S/C11H5FS4/c12-6-3-1-2-5(4-6)7-8(13)10(15)11(16)9(7)14/h1-4,13H. The van der Waals surface area contributed by atoms with Crippen LogP contribution in [0.4, 0.5) is 4.39 Å². The van der Waals surface area contributed by atoms with Crippen molar-refractivity contribution in [2.45, 2.75) is 4.90 Å². The van der Waals surface area contributed by atoms with Crippen molar-refractivity contribution in [3.63, 3.8) is 0 Å². The van der Waals surface area contributed by atoms with Gasteiger partial charge in [0.2, 0.25) is 0 Å². The lowest BCUT2D eigenvalue weighted by Crippen LogP contribution is -1.79. The molecule has 0 atom stereocenters. The molecule has 0 aliphatic rings. The summed E-state index contributed by atoms with van der Waals surface area (Å²) in [7, 11) is 0. The van der Waals surface area contributed by atoms with Gasteiger partial charge in [0.05, 0.1) is 13.5 Å². The second-order valence-corrected chi connectivity index (χ2v) is 4.89. The van der Waals surface area contributed by atoms with Crippen LogP contribution < -0.4 is 0 Å². The van der Waals surface area contributed by atoms with Gasteiger partial charge in [0, 0.05) is 10.5 Å². The molecule has 0 amide bonds. The summed E-state index contributed by atoms with van der Waals surface area (Å²) in [6.45, 7) is 0. The van der Waals surface area contributed by atoms with Crippen LogP contribution in [-0.2, 0) is 0 Å². The zero-order chi connectivity index (χ0) is 11.9. The van der Waals surface area contributed by atoms with Crippen molar-refractivity contribution >= 4 is 49.3 Å². The van der Waals surface area contributed by atoms with E-state index in [9.17, 15) is 4.39 Å². The quantitative estimate of drug-likeness (QED) is 0.588. The Balaban J connectivity index is 2.85. The van der Waals surface area contributed by atoms with Crippen molar-refractivity contribution in [3.8, 4) is 11.1 Å². The maximum Gasteiger partial charge on any atom is 0.123 e. The number of thiol groups is 1. The van der Waals surface area contributed by atoms with E-state index in [0.717, 1.165) is 0 Å².